The molecule has 0 spiro atoms. The summed E-state index contributed by atoms with van der Waals surface area (Å²) in [5, 5.41) is 13.7. The van der Waals surface area contributed by atoms with E-state index in [1.54, 1.807) is 30.6 Å². The Labute approximate surface area is 188 Å². The summed E-state index contributed by atoms with van der Waals surface area (Å²) in [4.78, 5) is 21.1. The molecular formula is C25H19N5O3. The summed E-state index contributed by atoms with van der Waals surface area (Å²) in [5.74, 6) is 5.39. The molecule has 0 fully saturated rings. The first kappa shape index (κ1) is 20.5. The van der Waals surface area contributed by atoms with Crippen LogP contribution in [0.1, 0.15) is 16.1 Å². The van der Waals surface area contributed by atoms with E-state index >= 15 is 0 Å². The molecule has 0 atom stereocenters. The predicted molar refractivity (Wildman–Crippen MR) is 123 cm³/mol. The zero-order chi connectivity index (χ0) is 22.8. The molecule has 3 aromatic heterocycles. The normalized spacial score (nSPS) is 11.0. The second kappa shape index (κ2) is 8.62. The third-order valence-corrected chi connectivity index (χ3v) is 5.40. The minimum absolute atomic E-state index is 0.182. The smallest absolute Gasteiger partial charge is 0.265 e. The van der Waals surface area contributed by atoms with E-state index in [0.717, 1.165) is 22.3 Å². The molecule has 2 aromatic carbocycles. The number of nitrogens with zero attached hydrogens (tertiary/aromatic N) is 3. The van der Waals surface area contributed by atoms with Gasteiger partial charge in [0, 0.05) is 35.0 Å². The number of benzene rings is 2. The van der Waals surface area contributed by atoms with Gasteiger partial charge in [-0.15, -0.1) is 0 Å². The fraction of sp³-hybridized carbons (Fsp3) is 0.0400. The number of hydrogen-bond donors (Lipinski definition) is 3. The van der Waals surface area contributed by atoms with Crippen LogP contribution in [0.15, 0.2) is 83.6 Å². The summed E-state index contributed by atoms with van der Waals surface area (Å²) < 4.78 is 5.05. The molecule has 0 saturated heterocycles. The second-order valence-corrected chi connectivity index (χ2v) is 7.41. The lowest BCUT2D eigenvalue weighted by atomic mass is 9.99. The fourth-order valence-electron chi connectivity index (χ4n) is 3.67. The first-order valence-corrected chi connectivity index (χ1v) is 10.2. The van der Waals surface area contributed by atoms with Crippen LogP contribution in [0, 0.1) is 0 Å². The van der Waals surface area contributed by atoms with E-state index in [2.05, 4.69) is 20.6 Å². The number of amides is 1. The number of pyridine rings is 2. The van der Waals surface area contributed by atoms with Crippen LogP contribution in [-0.4, -0.2) is 26.1 Å². The van der Waals surface area contributed by atoms with Gasteiger partial charge in [0.25, 0.3) is 5.91 Å². The van der Waals surface area contributed by atoms with Gasteiger partial charge < -0.3 is 9.63 Å². The van der Waals surface area contributed by atoms with Crippen molar-refractivity contribution in [1.29, 1.82) is 0 Å². The summed E-state index contributed by atoms with van der Waals surface area (Å²) >= 11 is 0. The topological polar surface area (TPSA) is 127 Å². The Kier molecular flexibility index (Phi) is 5.35. The molecule has 0 aliphatic rings. The zero-order valence-corrected chi connectivity index (χ0v) is 17.4. The van der Waals surface area contributed by atoms with E-state index in [1.807, 2.05) is 48.5 Å². The Morgan fingerprint density at radius 2 is 1.55 bits per heavy atom. The molecule has 0 radical (unpaired) electrons. The summed E-state index contributed by atoms with van der Waals surface area (Å²) in [5.41, 5.74) is 8.46. The molecule has 8 nitrogen and oxygen atoms in total. The van der Waals surface area contributed by atoms with Crippen LogP contribution >= 0.6 is 0 Å². The molecule has 162 valence electrons. The molecule has 0 aliphatic heterocycles. The molecule has 0 aliphatic carbocycles. The molecule has 5 aromatic rings. The minimum atomic E-state index is -0.397. The Morgan fingerprint density at radius 1 is 0.909 bits per heavy atom. The first-order valence-electron chi connectivity index (χ1n) is 10.2. The molecule has 0 unspecified atom stereocenters. The van der Waals surface area contributed by atoms with Crippen molar-refractivity contribution in [2.45, 2.75) is 6.61 Å². The van der Waals surface area contributed by atoms with Gasteiger partial charge in [-0.1, -0.05) is 53.7 Å². The van der Waals surface area contributed by atoms with Gasteiger partial charge in [-0.25, -0.2) is 10.8 Å². The quantitative estimate of drug-likeness (QED) is 0.217. The number of aliphatic hydroxyl groups excluding tert-OH is 1. The Balaban J connectivity index is 1.45. The second-order valence-electron chi connectivity index (χ2n) is 7.41. The summed E-state index contributed by atoms with van der Waals surface area (Å²) in [7, 11) is 0. The largest absolute Gasteiger partial charge is 0.388 e. The number of aromatic nitrogens is 3. The maximum atomic E-state index is 12.3. The van der Waals surface area contributed by atoms with Gasteiger partial charge in [0.2, 0.25) is 0 Å². The highest BCUT2D eigenvalue weighted by Crippen LogP contribution is 2.29. The zero-order valence-electron chi connectivity index (χ0n) is 17.4. The van der Waals surface area contributed by atoms with Gasteiger partial charge in [-0.3, -0.25) is 15.2 Å². The molecule has 3 heterocycles. The Morgan fingerprint density at radius 3 is 2.15 bits per heavy atom. The molecule has 5 rings (SSSR count). The Hall–Kier alpha value is -4.40. The lowest BCUT2D eigenvalue weighted by Gasteiger charge is -2.09. The first-order chi connectivity index (χ1) is 16.2. The van der Waals surface area contributed by atoms with Crippen LogP contribution in [0.4, 0.5) is 0 Å². The number of aliphatic hydroxyl groups is 1. The lowest BCUT2D eigenvalue weighted by molar-refractivity contribution is 0.0955. The van der Waals surface area contributed by atoms with Gasteiger partial charge in [0.05, 0.1) is 16.8 Å². The van der Waals surface area contributed by atoms with Crippen molar-refractivity contribution in [2.24, 2.45) is 5.84 Å². The maximum absolute atomic E-state index is 12.3. The minimum Gasteiger partial charge on any atom is -0.388 e. The van der Waals surface area contributed by atoms with Gasteiger partial charge in [-0.05, 0) is 23.3 Å². The van der Waals surface area contributed by atoms with Gasteiger partial charge >= 0.3 is 0 Å². The molecule has 4 N–H and O–H groups in total. The number of nitrogen functional groups attached to an aromatic ring is 1. The van der Waals surface area contributed by atoms with E-state index in [-0.39, 0.29) is 6.61 Å². The van der Waals surface area contributed by atoms with E-state index in [9.17, 15) is 4.79 Å². The van der Waals surface area contributed by atoms with E-state index < -0.39 is 5.91 Å². The maximum Gasteiger partial charge on any atom is 0.265 e. The van der Waals surface area contributed by atoms with Crippen molar-refractivity contribution in [2.75, 3.05) is 0 Å². The van der Waals surface area contributed by atoms with Crippen LogP contribution in [0.25, 0.3) is 44.5 Å². The molecular weight excluding hydrogens is 418 g/mol. The van der Waals surface area contributed by atoms with Crippen LogP contribution in [-0.2, 0) is 6.61 Å². The van der Waals surface area contributed by atoms with Crippen LogP contribution in [0.5, 0.6) is 0 Å². The highest BCUT2D eigenvalue weighted by molar-refractivity contribution is 6.06. The summed E-state index contributed by atoms with van der Waals surface area (Å²) in [6.45, 7) is -0.182. The molecule has 8 heteroatoms. The number of carbonyl (C=O) groups is 1. The average molecular weight is 437 g/mol. The summed E-state index contributed by atoms with van der Waals surface area (Å²) in [6, 6.07) is 21.1. The summed E-state index contributed by atoms with van der Waals surface area (Å²) in [6.07, 6.45) is 3.24. The highest BCUT2D eigenvalue weighted by atomic mass is 16.5. The number of nitrogens with two attached hydrogens (primary N) is 1. The SMILES string of the molecule is NNC(=O)c1cc(-c2ccc(-c3ccc(-c4cc(CO)on4)cc3)cc2)nc2ccncc12. The number of nitrogens with one attached hydrogen (secondary N) is 1. The molecule has 0 saturated carbocycles. The number of carbonyl (C=O) groups excluding carboxylic acids is 1. The standard InChI is InChI=1S/C25H19N5O3/c26-29-25(32)20-12-23(28-22-9-10-27-13-21(20)22)17-5-1-15(2-6-17)16-3-7-18(8-4-16)24-11-19(14-31)33-30-24/h1-13,31H,14,26H2,(H,29,32). The monoisotopic (exact) mass is 437 g/mol. The third kappa shape index (κ3) is 3.96. The fourth-order valence-corrected chi connectivity index (χ4v) is 3.67. The van der Waals surface area contributed by atoms with Crippen molar-refractivity contribution in [3.05, 3.63) is 90.4 Å². The Bertz CT molecular complexity index is 1440. The molecule has 0 bridgehead atoms. The number of hydrogen-bond acceptors (Lipinski definition) is 7. The van der Waals surface area contributed by atoms with E-state index in [0.29, 0.717) is 33.6 Å². The highest BCUT2D eigenvalue weighted by Gasteiger charge is 2.13. The molecule has 33 heavy (non-hydrogen) atoms. The van der Waals surface area contributed by atoms with E-state index in [1.165, 1.54) is 0 Å². The van der Waals surface area contributed by atoms with Crippen LogP contribution in [0.3, 0.4) is 0 Å². The number of hydrazine groups is 1. The van der Waals surface area contributed by atoms with Crippen molar-refractivity contribution in [1.82, 2.24) is 20.6 Å². The van der Waals surface area contributed by atoms with Crippen molar-refractivity contribution >= 4 is 16.8 Å². The van der Waals surface area contributed by atoms with Crippen molar-refractivity contribution in [3.63, 3.8) is 0 Å². The van der Waals surface area contributed by atoms with Crippen molar-refractivity contribution < 1.29 is 14.4 Å². The molecule has 1 amide bonds. The van der Waals surface area contributed by atoms with Gasteiger partial charge in [0.1, 0.15) is 12.3 Å². The van der Waals surface area contributed by atoms with Crippen LogP contribution < -0.4 is 11.3 Å². The van der Waals surface area contributed by atoms with Crippen LogP contribution in [0.2, 0.25) is 0 Å². The number of fused-ring (bicyclic) bond motifs is 1. The van der Waals surface area contributed by atoms with E-state index in [4.69, 9.17) is 15.5 Å². The third-order valence-electron chi connectivity index (χ3n) is 5.40. The predicted octanol–water partition coefficient (Wildman–Crippen LogP) is 3.71. The van der Waals surface area contributed by atoms with Gasteiger partial charge in [-0.2, -0.15) is 0 Å². The number of rotatable bonds is 5. The van der Waals surface area contributed by atoms with Crippen molar-refractivity contribution in [3.8, 4) is 33.6 Å². The lowest BCUT2D eigenvalue weighted by Crippen LogP contribution is -2.30. The average Bonchev–Trinajstić information content (AvgIpc) is 3.37. The van der Waals surface area contributed by atoms with Gasteiger partial charge in [0.15, 0.2) is 5.76 Å².